The van der Waals surface area contributed by atoms with E-state index in [1.807, 2.05) is 0 Å². The van der Waals surface area contributed by atoms with Gasteiger partial charge < -0.3 is 15.8 Å². The lowest BCUT2D eigenvalue weighted by Gasteiger charge is -2.35. The molecule has 0 saturated carbocycles. The third-order valence-corrected chi connectivity index (χ3v) is 4.00. The molecule has 1 aliphatic rings. The summed E-state index contributed by atoms with van der Waals surface area (Å²) in [6.07, 6.45) is 5.89. The average molecular weight is 242 g/mol. The van der Waals surface area contributed by atoms with E-state index in [4.69, 9.17) is 10.5 Å². The fourth-order valence-electron chi connectivity index (χ4n) is 2.47. The Kier molecular flexibility index (Phi) is 5.90. The van der Waals surface area contributed by atoms with Gasteiger partial charge in [-0.2, -0.15) is 0 Å². The lowest BCUT2D eigenvalue weighted by atomic mass is 9.84. The molecule has 0 aromatic rings. The van der Waals surface area contributed by atoms with Crippen LogP contribution in [-0.4, -0.2) is 31.8 Å². The van der Waals surface area contributed by atoms with Gasteiger partial charge in [0.15, 0.2) is 0 Å². The third-order valence-electron chi connectivity index (χ3n) is 4.00. The van der Waals surface area contributed by atoms with Crippen molar-refractivity contribution in [1.29, 1.82) is 0 Å². The third kappa shape index (κ3) is 5.84. The van der Waals surface area contributed by atoms with E-state index in [-0.39, 0.29) is 0 Å². The van der Waals surface area contributed by atoms with Gasteiger partial charge >= 0.3 is 0 Å². The summed E-state index contributed by atoms with van der Waals surface area (Å²) in [4.78, 5) is 0. The quantitative estimate of drug-likeness (QED) is 0.673. The number of ether oxygens (including phenoxy) is 1. The Hall–Kier alpha value is -0.120. The van der Waals surface area contributed by atoms with Crippen LogP contribution >= 0.6 is 0 Å². The van der Waals surface area contributed by atoms with Gasteiger partial charge in [-0.05, 0) is 57.5 Å². The Balaban J connectivity index is 2.14. The van der Waals surface area contributed by atoms with Gasteiger partial charge in [0, 0.05) is 18.8 Å². The van der Waals surface area contributed by atoms with Crippen LogP contribution in [-0.2, 0) is 4.74 Å². The Bertz CT molecular complexity index is 210. The van der Waals surface area contributed by atoms with Crippen molar-refractivity contribution in [3.05, 3.63) is 0 Å². The molecule has 0 amide bonds. The van der Waals surface area contributed by atoms with Gasteiger partial charge in [-0.1, -0.05) is 13.8 Å². The van der Waals surface area contributed by atoms with Crippen LogP contribution in [0.15, 0.2) is 0 Å². The van der Waals surface area contributed by atoms with Crippen molar-refractivity contribution in [2.45, 2.75) is 58.4 Å². The molecule has 0 aliphatic carbocycles. The number of hydrogen-bond donors (Lipinski definition) is 2. The molecule has 1 aliphatic heterocycles. The molecular formula is C14H30N2O. The largest absolute Gasteiger partial charge is 0.381 e. The molecular weight excluding hydrogens is 212 g/mol. The number of hydrogen-bond acceptors (Lipinski definition) is 3. The van der Waals surface area contributed by atoms with Gasteiger partial charge in [-0.25, -0.2) is 0 Å². The highest BCUT2D eigenvalue weighted by atomic mass is 16.5. The SMILES string of the molecule is CC(C)(CCN)CCCNC1(C)CCOCC1. The van der Waals surface area contributed by atoms with Crippen LogP contribution in [0.4, 0.5) is 0 Å². The predicted molar refractivity (Wildman–Crippen MR) is 73.1 cm³/mol. The minimum Gasteiger partial charge on any atom is -0.381 e. The van der Waals surface area contributed by atoms with Crippen LogP contribution in [0, 0.1) is 5.41 Å². The normalized spacial score (nSPS) is 20.5. The summed E-state index contributed by atoms with van der Waals surface area (Å²) in [6.45, 7) is 10.7. The first-order valence-electron chi connectivity index (χ1n) is 7.00. The number of nitrogens with one attached hydrogen (secondary N) is 1. The zero-order chi connectivity index (χ0) is 12.8. The highest BCUT2D eigenvalue weighted by Crippen LogP contribution is 2.26. The summed E-state index contributed by atoms with van der Waals surface area (Å²) in [7, 11) is 0. The topological polar surface area (TPSA) is 47.3 Å². The summed E-state index contributed by atoms with van der Waals surface area (Å²) in [5, 5.41) is 3.70. The highest BCUT2D eigenvalue weighted by molar-refractivity contribution is 4.85. The Labute approximate surface area is 106 Å². The maximum absolute atomic E-state index is 5.63. The molecule has 3 heteroatoms. The van der Waals surface area contributed by atoms with E-state index in [1.54, 1.807) is 0 Å². The van der Waals surface area contributed by atoms with Gasteiger partial charge in [0.2, 0.25) is 0 Å². The van der Waals surface area contributed by atoms with E-state index in [0.29, 0.717) is 11.0 Å². The molecule has 3 N–H and O–H groups in total. The standard InChI is InChI=1S/C14H30N2O/c1-13(2,6-9-15)5-4-10-16-14(3)7-11-17-12-8-14/h16H,4-12,15H2,1-3H3. The van der Waals surface area contributed by atoms with E-state index >= 15 is 0 Å². The van der Waals surface area contributed by atoms with Gasteiger partial charge in [-0.3, -0.25) is 0 Å². The zero-order valence-electron chi connectivity index (χ0n) is 11.8. The first kappa shape index (κ1) is 14.9. The molecule has 0 spiro atoms. The minimum atomic E-state index is 0.302. The van der Waals surface area contributed by atoms with Crippen molar-refractivity contribution in [3.63, 3.8) is 0 Å². The van der Waals surface area contributed by atoms with E-state index < -0.39 is 0 Å². The highest BCUT2D eigenvalue weighted by Gasteiger charge is 2.26. The van der Waals surface area contributed by atoms with Gasteiger partial charge in [0.25, 0.3) is 0 Å². The van der Waals surface area contributed by atoms with Crippen LogP contribution in [0.5, 0.6) is 0 Å². The van der Waals surface area contributed by atoms with Gasteiger partial charge in [0.1, 0.15) is 0 Å². The van der Waals surface area contributed by atoms with Crippen LogP contribution in [0.3, 0.4) is 0 Å². The second kappa shape index (κ2) is 6.72. The molecule has 3 nitrogen and oxygen atoms in total. The van der Waals surface area contributed by atoms with Crippen molar-refractivity contribution < 1.29 is 4.74 Å². The second-order valence-corrected chi connectivity index (χ2v) is 6.41. The van der Waals surface area contributed by atoms with E-state index in [9.17, 15) is 0 Å². The monoisotopic (exact) mass is 242 g/mol. The predicted octanol–water partition coefficient (Wildman–Crippen LogP) is 2.30. The number of nitrogens with two attached hydrogens (primary N) is 1. The first-order valence-corrected chi connectivity index (χ1v) is 7.00. The molecule has 17 heavy (non-hydrogen) atoms. The number of rotatable bonds is 7. The molecule has 0 unspecified atom stereocenters. The fourth-order valence-corrected chi connectivity index (χ4v) is 2.47. The summed E-state index contributed by atoms with van der Waals surface area (Å²) in [5.74, 6) is 0. The summed E-state index contributed by atoms with van der Waals surface area (Å²) in [6, 6.07) is 0. The molecule has 1 rings (SSSR count). The second-order valence-electron chi connectivity index (χ2n) is 6.41. The van der Waals surface area contributed by atoms with E-state index in [2.05, 4.69) is 26.1 Å². The van der Waals surface area contributed by atoms with E-state index in [1.165, 1.54) is 12.8 Å². The van der Waals surface area contributed by atoms with Crippen LogP contribution in [0.2, 0.25) is 0 Å². The van der Waals surface area contributed by atoms with Crippen LogP contribution < -0.4 is 11.1 Å². The lowest BCUT2D eigenvalue weighted by molar-refractivity contribution is 0.0449. The molecule has 0 aromatic heterocycles. The zero-order valence-corrected chi connectivity index (χ0v) is 11.8. The van der Waals surface area contributed by atoms with Gasteiger partial charge in [0.05, 0.1) is 0 Å². The van der Waals surface area contributed by atoms with Crippen molar-refractivity contribution in [3.8, 4) is 0 Å². The van der Waals surface area contributed by atoms with E-state index in [0.717, 1.165) is 45.6 Å². The first-order chi connectivity index (χ1) is 7.97. The smallest absolute Gasteiger partial charge is 0.0483 e. The van der Waals surface area contributed by atoms with Gasteiger partial charge in [-0.15, -0.1) is 0 Å². The summed E-state index contributed by atoms with van der Waals surface area (Å²) < 4.78 is 5.40. The molecule has 102 valence electrons. The molecule has 0 bridgehead atoms. The van der Waals surface area contributed by atoms with Crippen LogP contribution in [0.1, 0.15) is 52.9 Å². The minimum absolute atomic E-state index is 0.302. The lowest BCUT2D eigenvalue weighted by Crippen LogP contribution is -2.47. The molecule has 1 saturated heterocycles. The average Bonchev–Trinajstić information content (AvgIpc) is 2.26. The summed E-state index contributed by atoms with van der Waals surface area (Å²) in [5.41, 5.74) is 6.32. The fraction of sp³-hybridized carbons (Fsp3) is 1.00. The van der Waals surface area contributed by atoms with Crippen molar-refractivity contribution >= 4 is 0 Å². The van der Waals surface area contributed by atoms with Crippen LogP contribution in [0.25, 0.3) is 0 Å². The molecule has 0 atom stereocenters. The van der Waals surface area contributed by atoms with Crippen molar-refractivity contribution in [2.24, 2.45) is 11.1 Å². The van der Waals surface area contributed by atoms with Crippen molar-refractivity contribution in [2.75, 3.05) is 26.3 Å². The maximum atomic E-state index is 5.63. The molecule has 1 heterocycles. The Morgan fingerprint density at radius 2 is 1.88 bits per heavy atom. The Morgan fingerprint density at radius 3 is 2.47 bits per heavy atom. The molecule has 0 radical (unpaired) electrons. The molecule has 1 fully saturated rings. The van der Waals surface area contributed by atoms with Crippen molar-refractivity contribution in [1.82, 2.24) is 5.32 Å². The Morgan fingerprint density at radius 1 is 1.24 bits per heavy atom. The molecule has 0 aromatic carbocycles. The maximum Gasteiger partial charge on any atom is 0.0483 e. The summed E-state index contributed by atoms with van der Waals surface area (Å²) >= 11 is 0.